The zero-order valence-corrected chi connectivity index (χ0v) is 6.29. The second-order valence-corrected chi connectivity index (χ2v) is 0.399. The summed E-state index contributed by atoms with van der Waals surface area (Å²) in [5, 5.41) is 0. The molecule has 0 aromatic heterocycles. The molecule has 0 aromatic carbocycles. The van der Waals surface area contributed by atoms with E-state index in [1.165, 1.54) is 0 Å². The third-order valence-corrected chi connectivity index (χ3v) is 0.0825. The van der Waals surface area contributed by atoms with E-state index in [2.05, 4.69) is 0 Å². The molecule has 0 spiro atoms. The maximum absolute atomic E-state index is 10.2. The molecule has 0 aliphatic rings. The van der Waals surface area contributed by atoms with Crippen molar-refractivity contribution in [1.29, 1.82) is 0 Å². The van der Waals surface area contributed by atoms with Crippen LogP contribution < -0.4 is 0 Å². The number of rotatable bonds is 0. The Bertz CT molecular complexity index is 60.0. The van der Waals surface area contributed by atoms with Gasteiger partial charge in [-0.2, -0.15) is 8.78 Å². The fraction of sp³-hybridized carbons (Fsp3) is 0. The molecular formula is C2HF3OZn. The van der Waals surface area contributed by atoms with E-state index in [9.17, 15) is 13.2 Å². The average Bonchev–Trinajstić information content (AvgIpc) is 1.73. The molecule has 5 heteroatoms. The Morgan fingerprint density at radius 1 is 1.43 bits per heavy atom. The van der Waals surface area contributed by atoms with Crippen molar-refractivity contribution in [3.8, 4) is 0 Å². The monoisotopic (exact) mass is 162 g/mol. The van der Waals surface area contributed by atoms with Crippen molar-refractivity contribution < 1.29 is 35.0 Å². The molecule has 0 saturated heterocycles. The Labute approximate surface area is 48.1 Å². The van der Waals surface area contributed by atoms with Crippen LogP contribution in [0.25, 0.3) is 0 Å². The average molecular weight is 163 g/mol. The summed E-state index contributed by atoms with van der Waals surface area (Å²) < 4.78 is 39.1. The molecule has 0 unspecified atom stereocenters. The van der Waals surface area contributed by atoms with E-state index in [-0.39, 0.29) is 18.3 Å². The maximum atomic E-state index is 10.2. The van der Waals surface area contributed by atoms with E-state index < -0.39 is 12.4 Å². The summed E-state index contributed by atoms with van der Waals surface area (Å²) in [5.41, 5.74) is 0. The molecule has 0 aromatic rings. The quantitative estimate of drug-likeness (QED) is 0.496. The third kappa shape index (κ3) is 24.4. The van der Waals surface area contributed by atoms with Crippen LogP contribution in [0.1, 0.15) is 0 Å². The number of hydrogen-bond acceptors (Lipinski definition) is 1. The van der Waals surface area contributed by atoms with Crippen molar-refractivity contribution in [2.75, 3.05) is 0 Å². The van der Waals surface area contributed by atoms with Gasteiger partial charge in [0.2, 0.25) is 0 Å². The van der Waals surface area contributed by atoms with Crippen LogP contribution in [0.2, 0.25) is 0 Å². The predicted octanol–water partition coefficient (Wildman–Crippen LogP) is 1.57. The van der Waals surface area contributed by atoms with E-state index in [0.717, 1.165) is 0 Å². The first-order valence-corrected chi connectivity index (χ1v) is 2.38. The first-order chi connectivity index (χ1) is 3.27. The van der Waals surface area contributed by atoms with Gasteiger partial charge in [0.05, 0.1) is 0 Å². The Hall–Kier alpha value is -0.0466. The molecule has 7 heavy (non-hydrogen) atoms. The summed E-state index contributed by atoms with van der Waals surface area (Å²) in [4.78, 5) is 0. The normalized spacial score (nSPS) is 5.86. The van der Waals surface area contributed by atoms with E-state index in [1.54, 1.807) is 0 Å². The van der Waals surface area contributed by atoms with Gasteiger partial charge >= 0.3 is 21.8 Å². The summed E-state index contributed by atoms with van der Waals surface area (Å²) in [7, 11) is 0. The van der Waals surface area contributed by atoms with Gasteiger partial charge in [-0.15, -0.1) is 0 Å². The van der Waals surface area contributed by atoms with Crippen molar-refractivity contribution in [3.63, 3.8) is 0 Å². The first kappa shape index (κ1) is 10.0. The Kier molecular flexibility index (Phi) is 13.4. The van der Waals surface area contributed by atoms with Crippen molar-refractivity contribution in [1.82, 2.24) is 0 Å². The summed E-state index contributed by atoms with van der Waals surface area (Å²) >= 11 is 0.125. The van der Waals surface area contributed by atoms with Crippen LogP contribution in [-0.2, 0) is 21.8 Å². The van der Waals surface area contributed by atoms with Gasteiger partial charge < -0.3 is 0 Å². The van der Waals surface area contributed by atoms with Crippen molar-refractivity contribution >= 4 is 0 Å². The fourth-order valence-corrected chi connectivity index (χ4v) is 0. The standard InChI is InChI=1S/C2HF3.O.Zn/c3-1-2(4)5;;/h1H;;. The van der Waals surface area contributed by atoms with E-state index in [1.807, 2.05) is 0 Å². The number of halogens is 3. The molecular weight excluding hydrogens is 162 g/mol. The first-order valence-electron chi connectivity index (χ1n) is 1.17. The van der Waals surface area contributed by atoms with Crippen molar-refractivity contribution in [2.45, 2.75) is 0 Å². The second kappa shape index (κ2) is 9.35. The van der Waals surface area contributed by atoms with Crippen LogP contribution in [0.15, 0.2) is 12.4 Å². The molecule has 0 atom stereocenters. The topological polar surface area (TPSA) is 17.1 Å². The van der Waals surface area contributed by atoms with E-state index >= 15 is 0 Å². The summed E-state index contributed by atoms with van der Waals surface area (Å²) in [6.07, 6.45) is -3.04. The van der Waals surface area contributed by atoms with E-state index in [0.29, 0.717) is 0 Å². The molecule has 0 aliphatic heterocycles. The molecule has 0 amide bonds. The minimum absolute atomic E-state index is 0.125. The van der Waals surface area contributed by atoms with Gasteiger partial charge in [0.25, 0.3) is 6.08 Å². The molecule has 0 radical (unpaired) electrons. The van der Waals surface area contributed by atoms with Crippen LogP contribution in [0, 0.1) is 0 Å². The van der Waals surface area contributed by atoms with Crippen LogP contribution in [0.3, 0.4) is 0 Å². The number of hydrogen-bond donors (Lipinski definition) is 0. The Morgan fingerprint density at radius 2 is 1.57 bits per heavy atom. The molecule has 0 bridgehead atoms. The molecule has 0 N–H and O–H groups in total. The van der Waals surface area contributed by atoms with Crippen LogP contribution >= 0.6 is 0 Å². The summed E-state index contributed by atoms with van der Waals surface area (Å²) in [6, 6.07) is 0. The fourth-order valence-electron chi connectivity index (χ4n) is 0. The zero-order chi connectivity index (χ0) is 6.28. The SMILES string of the molecule is FC=C(F)F.[O]=[Zn]. The van der Waals surface area contributed by atoms with Crippen LogP contribution in [-0.4, -0.2) is 0 Å². The van der Waals surface area contributed by atoms with Gasteiger partial charge in [-0.1, -0.05) is 0 Å². The van der Waals surface area contributed by atoms with Gasteiger partial charge in [0.15, 0.2) is 6.33 Å². The Balaban J connectivity index is 0. The molecule has 0 fully saturated rings. The molecule has 38 valence electrons. The van der Waals surface area contributed by atoms with Gasteiger partial charge in [-0.3, -0.25) is 0 Å². The second-order valence-electron chi connectivity index (χ2n) is 0.399. The predicted molar refractivity (Wildman–Crippen MR) is 12.1 cm³/mol. The molecule has 0 aliphatic carbocycles. The molecule has 0 heterocycles. The Morgan fingerprint density at radius 3 is 1.57 bits per heavy atom. The van der Waals surface area contributed by atoms with Crippen molar-refractivity contribution in [3.05, 3.63) is 12.4 Å². The van der Waals surface area contributed by atoms with Gasteiger partial charge in [-0.05, 0) is 0 Å². The van der Waals surface area contributed by atoms with E-state index in [4.69, 9.17) is 3.57 Å². The molecule has 0 saturated carbocycles. The third-order valence-electron chi connectivity index (χ3n) is 0.0825. The van der Waals surface area contributed by atoms with Gasteiger partial charge in [0.1, 0.15) is 0 Å². The minimum atomic E-state index is -2.29. The van der Waals surface area contributed by atoms with Gasteiger partial charge in [0, 0.05) is 0 Å². The van der Waals surface area contributed by atoms with Crippen LogP contribution in [0.4, 0.5) is 13.2 Å². The summed E-state index contributed by atoms with van der Waals surface area (Å²) in [6.45, 7) is 0. The molecule has 0 rings (SSSR count). The van der Waals surface area contributed by atoms with Gasteiger partial charge in [-0.25, -0.2) is 4.39 Å². The summed E-state index contributed by atoms with van der Waals surface area (Å²) in [5.74, 6) is 0. The van der Waals surface area contributed by atoms with Crippen LogP contribution in [0.5, 0.6) is 0 Å². The van der Waals surface area contributed by atoms with Crippen molar-refractivity contribution in [2.24, 2.45) is 0 Å². The molecule has 1 nitrogen and oxygen atoms in total. The zero-order valence-electron chi connectivity index (χ0n) is 3.33.